The summed E-state index contributed by atoms with van der Waals surface area (Å²) >= 11 is 0. The molecule has 0 saturated heterocycles. The lowest BCUT2D eigenvalue weighted by Gasteiger charge is -2.25. The summed E-state index contributed by atoms with van der Waals surface area (Å²) in [5, 5.41) is 9.07. The lowest BCUT2D eigenvalue weighted by molar-refractivity contribution is 0.0697. The smallest absolute Gasteiger partial charge is 0.335 e. The van der Waals surface area contributed by atoms with Crippen LogP contribution in [0, 0.1) is 0 Å². The predicted molar refractivity (Wildman–Crippen MR) is 96.9 cm³/mol. The van der Waals surface area contributed by atoms with Crippen molar-refractivity contribution >= 4 is 34.4 Å². The average Bonchev–Trinajstić information content (AvgIpc) is 2.59. The Morgan fingerprint density at radius 3 is 1.33 bits per heavy atom. The second-order valence-corrected chi connectivity index (χ2v) is 5.37. The number of benzene rings is 3. The van der Waals surface area contributed by atoms with E-state index in [0.29, 0.717) is 11.4 Å². The van der Waals surface area contributed by atoms with Gasteiger partial charge in [0.25, 0.3) is 0 Å². The van der Waals surface area contributed by atoms with Gasteiger partial charge in [-0.2, -0.15) is 0 Å². The molecule has 0 fully saturated rings. The van der Waals surface area contributed by atoms with Gasteiger partial charge in [0.05, 0.1) is 5.56 Å². The van der Waals surface area contributed by atoms with Gasteiger partial charge >= 0.3 is 5.97 Å². The molecule has 24 heavy (non-hydrogen) atoms. The van der Waals surface area contributed by atoms with Gasteiger partial charge in [0.2, 0.25) is 0 Å². The number of aromatic carboxylic acids is 1. The molecular formula is C19H17N3O2. The molecule has 5 nitrogen and oxygen atoms in total. The molecule has 0 radical (unpaired) electrons. The number of rotatable bonds is 4. The van der Waals surface area contributed by atoms with E-state index in [1.807, 2.05) is 53.4 Å². The fourth-order valence-electron chi connectivity index (χ4n) is 2.45. The molecule has 3 aromatic rings. The summed E-state index contributed by atoms with van der Waals surface area (Å²) in [5.74, 6) is -0.951. The number of hydrogen-bond donors (Lipinski definition) is 3. The van der Waals surface area contributed by atoms with Crippen molar-refractivity contribution in [2.75, 3.05) is 16.4 Å². The molecule has 3 rings (SSSR count). The van der Waals surface area contributed by atoms with Crippen molar-refractivity contribution in [2.45, 2.75) is 0 Å². The van der Waals surface area contributed by atoms with E-state index in [-0.39, 0.29) is 5.56 Å². The Kier molecular flexibility index (Phi) is 4.07. The summed E-state index contributed by atoms with van der Waals surface area (Å²) in [6, 6.07) is 21.7. The summed E-state index contributed by atoms with van der Waals surface area (Å²) in [6.45, 7) is 0. The van der Waals surface area contributed by atoms with Gasteiger partial charge in [-0.05, 0) is 72.8 Å². The fourth-order valence-corrected chi connectivity index (χ4v) is 2.45. The highest BCUT2D eigenvalue weighted by atomic mass is 16.4. The van der Waals surface area contributed by atoms with E-state index in [1.54, 1.807) is 24.3 Å². The number of anilines is 5. The predicted octanol–water partition coefficient (Wildman–Crippen LogP) is 4.02. The van der Waals surface area contributed by atoms with E-state index in [2.05, 4.69) is 0 Å². The average molecular weight is 319 g/mol. The van der Waals surface area contributed by atoms with Crippen LogP contribution in [0.4, 0.5) is 28.4 Å². The first-order valence-electron chi connectivity index (χ1n) is 7.39. The highest BCUT2D eigenvalue weighted by Gasteiger charge is 2.13. The van der Waals surface area contributed by atoms with E-state index in [9.17, 15) is 4.79 Å². The van der Waals surface area contributed by atoms with Crippen LogP contribution >= 0.6 is 0 Å². The van der Waals surface area contributed by atoms with Gasteiger partial charge in [0.15, 0.2) is 0 Å². The van der Waals surface area contributed by atoms with E-state index in [0.717, 1.165) is 17.1 Å². The molecule has 0 heterocycles. The number of carbonyl (C=O) groups is 1. The van der Waals surface area contributed by atoms with Crippen LogP contribution in [0.2, 0.25) is 0 Å². The number of hydrogen-bond acceptors (Lipinski definition) is 4. The van der Waals surface area contributed by atoms with Crippen molar-refractivity contribution in [1.29, 1.82) is 0 Å². The third-order valence-corrected chi connectivity index (χ3v) is 3.68. The highest BCUT2D eigenvalue weighted by Crippen LogP contribution is 2.35. The van der Waals surface area contributed by atoms with Gasteiger partial charge in [-0.1, -0.05) is 0 Å². The van der Waals surface area contributed by atoms with Crippen LogP contribution in [0.3, 0.4) is 0 Å². The first-order valence-corrected chi connectivity index (χ1v) is 7.39. The zero-order valence-corrected chi connectivity index (χ0v) is 12.9. The van der Waals surface area contributed by atoms with Gasteiger partial charge < -0.3 is 21.5 Å². The molecule has 0 aliphatic carbocycles. The molecule has 0 atom stereocenters. The van der Waals surface area contributed by atoms with Crippen LogP contribution < -0.4 is 16.4 Å². The summed E-state index contributed by atoms with van der Waals surface area (Å²) in [6.07, 6.45) is 0. The van der Waals surface area contributed by atoms with Crippen molar-refractivity contribution in [3.05, 3.63) is 78.4 Å². The van der Waals surface area contributed by atoms with Crippen molar-refractivity contribution in [3.63, 3.8) is 0 Å². The van der Waals surface area contributed by atoms with Crippen molar-refractivity contribution in [2.24, 2.45) is 0 Å². The maximum atomic E-state index is 11.1. The molecule has 5 N–H and O–H groups in total. The first kappa shape index (κ1) is 15.4. The maximum Gasteiger partial charge on any atom is 0.335 e. The molecule has 0 spiro atoms. The SMILES string of the molecule is Nc1ccc(N(c2ccc(N)cc2)c2ccc(C(=O)O)cc2)cc1. The zero-order chi connectivity index (χ0) is 17.1. The third kappa shape index (κ3) is 3.15. The topological polar surface area (TPSA) is 92.6 Å². The Morgan fingerprint density at radius 2 is 1.00 bits per heavy atom. The number of nitrogens with zero attached hydrogens (tertiary/aromatic N) is 1. The second kappa shape index (κ2) is 6.34. The van der Waals surface area contributed by atoms with E-state index in [1.165, 1.54) is 0 Å². The van der Waals surface area contributed by atoms with Gasteiger partial charge in [-0.25, -0.2) is 4.79 Å². The first-order chi connectivity index (χ1) is 11.5. The molecule has 0 aliphatic rings. The van der Waals surface area contributed by atoms with Gasteiger partial charge in [-0.3, -0.25) is 0 Å². The monoisotopic (exact) mass is 319 g/mol. The molecule has 0 aliphatic heterocycles. The molecule has 0 unspecified atom stereocenters. The molecule has 0 saturated carbocycles. The minimum absolute atomic E-state index is 0.244. The normalized spacial score (nSPS) is 10.3. The number of nitrogens with two attached hydrogens (primary N) is 2. The molecule has 0 aromatic heterocycles. The van der Waals surface area contributed by atoms with Gasteiger partial charge in [-0.15, -0.1) is 0 Å². The summed E-state index contributed by atoms with van der Waals surface area (Å²) < 4.78 is 0. The van der Waals surface area contributed by atoms with Gasteiger partial charge in [0, 0.05) is 28.4 Å². The Labute approximate surface area is 139 Å². The van der Waals surface area contributed by atoms with E-state index in [4.69, 9.17) is 16.6 Å². The minimum atomic E-state index is -0.951. The standard InChI is InChI=1S/C19H17N3O2/c20-14-3-9-17(10-4-14)22(18-11-5-15(21)6-12-18)16-7-1-13(2-8-16)19(23)24/h1-12H,20-21H2,(H,23,24). The number of carboxylic acids is 1. The Hall–Kier alpha value is -3.47. The molecule has 3 aromatic carbocycles. The van der Waals surface area contributed by atoms with Crippen molar-refractivity contribution in [1.82, 2.24) is 0 Å². The molecular weight excluding hydrogens is 302 g/mol. The zero-order valence-electron chi connectivity index (χ0n) is 12.9. The van der Waals surface area contributed by atoms with E-state index >= 15 is 0 Å². The quantitative estimate of drug-likeness (QED) is 0.632. The van der Waals surface area contributed by atoms with Gasteiger partial charge in [0.1, 0.15) is 0 Å². The molecule has 5 heteroatoms. The minimum Gasteiger partial charge on any atom is -0.478 e. The Bertz CT molecular complexity index is 796. The van der Waals surface area contributed by atoms with Crippen LogP contribution in [0.15, 0.2) is 72.8 Å². The van der Waals surface area contributed by atoms with Crippen LogP contribution in [0.1, 0.15) is 10.4 Å². The fraction of sp³-hybridized carbons (Fsp3) is 0. The third-order valence-electron chi connectivity index (χ3n) is 3.68. The Balaban J connectivity index is 2.08. The lowest BCUT2D eigenvalue weighted by atomic mass is 10.1. The highest BCUT2D eigenvalue weighted by molar-refractivity contribution is 5.88. The summed E-state index contributed by atoms with van der Waals surface area (Å²) in [7, 11) is 0. The summed E-state index contributed by atoms with van der Waals surface area (Å²) in [5.41, 5.74) is 15.8. The van der Waals surface area contributed by atoms with Crippen LogP contribution in [0.5, 0.6) is 0 Å². The Morgan fingerprint density at radius 1 is 0.667 bits per heavy atom. The molecule has 0 amide bonds. The van der Waals surface area contributed by atoms with Crippen molar-refractivity contribution < 1.29 is 9.90 Å². The van der Waals surface area contributed by atoms with Crippen LogP contribution in [0.25, 0.3) is 0 Å². The number of nitrogen functional groups attached to an aromatic ring is 2. The summed E-state index contributed by atoms with van der Waals surface area (Å²) in [4.78, 5) is 13.1. The number of carboxylic acid groups (broad SMARTS) is 1. The second-order valence-electron chi connectivity index (χ2n) is 5.37. The molecule has 120 valence electrons. The van der Waals surface area contributed by atoms with Crippen LogP contribution in [-0.2, 0) is 0 Å². The van der Waals surface area contributed by atoms with Crippen LogP contribution in [-0.4, -0.2) is 11.1 Å². The molecule has 0 bridgehead atoms. The largest absolute Gasteiger partial charge is 0.478 e. The van der Waals surface area contributed by atoms with E-state index < -0.39 is 5.97 Å². The lowest BCUT2D eigenvalue weighted by Crippen LogP contribution is -2.10. The maximum absolute atomic E-state index is 11.1. The van der Waals surface area contributed by atoms with Crippen molar-refractivity contribution in [3.8, 4) is 0 Å².